The zero-order valence-corrected chi connectivity index (χ0v) is 9.40. The molecule has 1 aliphatic rings. The van der Waals surface area contributed by atoms with Crippen molar-refractivity contribution in [1.29, 1.82) is 0 Å². The van der Waals surface area contributed by atoms with Crippen LogP contribution >= 0.6 is 0 Å². The third kappa shape index (κ3) is 1.89. The van der Waals surface area contributed by atoms with Crippen LogP contribution in [0.5, 0.6) is 0 Å². The highest BCUT2D eigenvalue weighted by molar-refractivity contribution is 5.69. The Morgan fingerprint density at radius 3 is 2.11 bits per heavy atom. The van der Waals surface area contributed by atoms with E-state index in [9.17, 15) is 22.4 Å². The smallest absolute Gasteiger partial charge is 0.410 e. The molecule has 0 atom stereocenters. The molecule has 0 bridgehead atoms. The summed E-state index contributed by atoms with van der Waals surface area (Å²) in [4.78, 5) is 12.1. The molecule has 3 nitrogen and oxygen atoms in total. The minimum absolute atomic E-state index is 0.0822. The standard InChI is InChI=1S/C11H9F4NO2/c1-5-7(12)9(14)6(10(15)8(5)13)4-16-2-3-18-11(16)17/h2-4H2,1H3. The molecule has 1 aromatic rings. The van der Waals surface area contributed by atoms with Gasteiger partial charge in [-0.3, -0.25) is 0 Å². The maximum Gasteiger partial charge on any atom is 0.410 e. The second kappa shape index (κ2) is 4.47. The van der Waals surface area contributed by atoms with E-state index >= 15 is 0 Å². The highest BCUT2D eigenvalue weighted by atomic mass is 19.2. The maximum absolute atomic E-state index is 13.5. The summed E-state index contributed by atoms with van der Waals surface area (Å²) in [7, 11) is 0. The summed E-state index contributed by atoms with van der Waals surface area (Å²) in [6.45, 7) is 0.572. The average molecular weight is 263 g/mol. The summed E-state index contributed by atoms with van der Waals surface area (Å²) in [6, 6.07) is 0. The van der Waals surface area contributed by atoms with Crippen molar-refractivity contribution >= 4 is 6.09 Å². The molecule has 0 aliphatic carbocycles. The van der Waals surface area contributed by atoms with Crippen LogP contribution in [0.15, 0.2) is 0 Å². The number of nitrogens with zero attached hydrogens (tertiary/aromatic N) is 1. The van der Waals surface area contributed by atoms with Crippen LogP contribution in [0.2, 0.25) is 0 Å². The molecule has 1 amide bonds. The zero-order chi connectivity index (χ0) is 13.4. The van der Waals surface area contributed by atoms with E-state index in [-0.39, 0.29) is 13.2 Å². The first-order valence-electron chi connectivity index (χ1n) is 5.16. The number of hydrogen-bond donors (Lipinski definition) is 0. The minimum Gasteiger partial charge on any atom is -0.448 e. The average Bonchev–Trinajstić information content (AvgIpc) is 2.75. The highest BCUT2D eigenvalue weighted by Crippen LogP contribution is 2.25. The molecule has 0 unspecified atom stereocenters. The molecule has 1 aromatic carbocycles. The molecule has 0 aromatic heterocycles. The number of carbonyl (C=O) groups is 1. The Hall–Kier alpha value is -1.79. The molecule has 7 heteroatoms. The molecular formula is C11H9F4NO2. The van der Waals surface area contributed by atoms with Crippen molar-refractivity contribution in [3.63, 3.8) is 0 Å². The molecule has 0 spiro atoms. The lowest BCUT2D eigenvalue weighted by Gasteiger charge is -2.15. The lowest BCUT2D eigenvalue weighted by molar-refractivity contribution is 0.156. The lowest BCUT2D eigenvalue weighted by atomic mass is 10.1. The second-order valence-electron chi connectivity index (χ2n) is 3.90. The van der Waals surface area contributed by atoms with Gasteiger partial charge in [0.1, 0.15) is 6.61 Å². The summed E-state index contributed by atoms with van der Waals surface area (Å²) in [5.74, 6) is -5.86. The topological polar surface area (TPSA) is 29.5 Å². The lowest BCUT2D eigenvalue weighted by Crippen LogP contribution is -2.25. The molecule has 1 saturated heterocycles. The summed E-state index contributed by atoms with van der Waals surface area (Å²) >= 11 is 0. The molecule has 0 N–H and O–H groups in total. The Morgan fingerprint density at radius 1 is 1.11 bits per heavy atom. The fourth-order valence-corrected chi connectivity index (χ4v) is 1.69. The Bertz CT molecular complexity index is 489. The molecule has 1 aliphatic heterocycles. The molecule has 18 heavy (non-hydrogen) atoms. The van der Waals surface area contributed by atoms with Gasteiger partial charge in [0.05, 0.1) is 13.1 Å². The van der Waals surface area contributed by atoms with Gasteiger partial charge in [-0.25, -0.2) is 22.4 Å². The van der Waals surface area contributed by atoms with Crippen LogP contribution in [-0.4, -0.2) is 24.1 Å². The van der Waals surface area contributed by atoms with Gasteiger partial charge in [0.2, 0.25) is 0 Å². The molecule has 0 saturated carbocycles. The Kier molecular flexibility index (Phi) is 3.14. The third-order valence-corrected chi connectivity index (χ3v) is 2.77. The quantitative estimate of drug-likeness (QED) is 0.606. The van der Waals surface area contributed by atoms with Gasteiger partial charge >= 0.3 is 6.09 Å². The van der Waals surface area contributed by atoms with Crippen molar-refractivity contribution in [3.8, 4) is 0 Å². The van der Waals surface area contributed by atoms with Gasteiger partial charge in [0.25, 0.3) is 0 Å². The summed E-state index contributed by atoms with van der Waals surface area (Å²) in [5, 5.41) is 0. The van der Waals surface area contributed by atoms with E-state index in [2.05, 4.69) is 4.74 Å². The van der Waals surface area contributed by atoms with Crippen LogP contribution in [0.4, 0.5) is 22.4 Å². The van der Waals surface area contributed by atoms with E-state index < -0.39 is 47.0 Å². The first-order chi connectivity index (χ1) is 8.43. The number of ether oxygens (including phenoxy) is 1. The van der Waals surface area contributed by atoms with Gasteiger partial charge in [-0.15, -0.1) is 0 Å². The largest absolute Gasteiger partial charge is 0.448 e. The number of hydrogen-bond acceptors (Lipinski definition) is 2. The molecule has 1 heterocycles. The number of carbonyl (C=O) groups excluding carboxylic acids is 1. The predicted molar refractivity (Wildman–Crippen MR) is 52.8 cm³/mol. The van der Waals surface area contributed by atoms with E-state index in [1.165, 1.54) is 0 Å². The van der Waals surface area contributed by atoms with E-state index in [1.54, 1.807) is 0 Å². The van der Waals surface area contributed by atoms with E-state index in [0.717, 1.165) is 11.8 Å². The van der Waals surface area contributed by atoms with E-state index in [1.807, 2.05) is 0 Å². The normalized spacial score (nSPS) is 15.2. The van der Waals surface area contributed by atoms with Crippen LogP contribution in [0.1, 0.15) is 11.1 Å². The van der Waals surface area contributed by atoms with Gasteiger partial charge in [-0.2, -0.15) is 0 Å². The van der Waals surface area contributed by atoms with Gasteiger partial charge < -0.3 is 9.64 Å². The van der Waals surface area contributed by atoms with Gasteiger partial charge in [0, 0.05) is 11.1 Å². The molecule has 98 valence electrons. The van der Waals surface area contributed by atoms with Crippen molar-refractivity contribution in [1.82, 2.24) is 4.90 Å². The third-order valence-electron chi connectivity index (χ3n) is 2.77. The molecular weight excluding hydrogens is 254 g/mol. The minimum atomic E-state index is -1.48. The van der Waals surface area contributed by atoms with E-state index in [4.69, 9.17) is 0 Å². The number of benzene rings is 1. The van der Waals surface area contributed by atoms with Crippen LogP contribution in [0.3, 0.4) is 0 Å². The summed E-state index contributed by atoms with van der Waals surface area (Å²) in [6.07, 6.45) is -0.768. The fourth-order valence-electron chi connectivity index (χ4n) is 1.69. The SMILES string of the molecule is Cc1c(F)c(F)c(CN2CCOC2=O)c(F)c1F. The number of amides is 1. The first-order valence-corrected chi connectivity index (χ1v) is 5.16. The van der Waals surface area contributed by atoms with Crippen molar-refractivity contribution in [2.75, 3.05) is 13.2 Å². The molecule has 0 radical (unpaired) electrons. The van der Waals surface area contributed by atoms with Crippen molar-refractivity contribution < 1.29 is 27.1 Å². The zero-order valence-electron chi connectivity index (χ0n) is 9.40. The molecule has 2 rings (SSSR count). The number of cyclic esters (lactones) is 1. The van der Waals surface area contributed by atoms with Crippen LogP contribution in [-0.2, 0) is 11.3 Å². The van der Waals surface area contributed by atoms with Gasteiger partial charge in [0.15, 0.2) is 23.3 Å². The maximum atomic E-state index is 13.5. The first kappa shape index (κ1) is 12.7. The fraction of sp³-hybridized carbons (Fsp3) is 0.364. The van der Waals surface area contributed by atoms with Crippen LogP contribution in [0, 0.1) is 30.2 Å². The van der Waals surface area contributed by atoms with Crippen molar-refractivity contribution in [3.05, 3.63) is 34.4 Å². The Labute approximate surface area is 99.9 Å². The van der Waals surface area contributed by atoms with Crippen molar-refractivity contribution in [2.24, 2.45) is 0 Å². The Morgan fingerprint density at radius 2 is 1.67 bits per heavy atom. The van der Waals surface area contributed by atoms with Crippen molar-refractivity contribution in [2.45, 2.75) is 13.5 Å². The Balaban J connectivity index is 2.41. The highest BCUT2D eigenvalue weighted by Gasteiger charge is 2.28. The monoisotopic (exact) mass is 263 g/mol. The summed E-state index contributed by atoms with van der Waals surface area (Å²) < 4.78 is 58.2. The van der Waals surface area contributed by atoms with Crippen LogP contribution < -0.4 is 0 Å². The second-order valence-corrected chi connectivity index (χ2v) is 3.90. The molecule has 1 fully saturated rings. The van der Waals surface area contributed by atoms with Crippen LogP contribution in [0.25, 0.3) is 0 Å². The number of rotatable bonds is 2. The predicted octanol–water partition coefficient (Wildman–Crippen LogP) is 2.50. The van der Waals surface area contributed by atoms with Gasteiger partial charge in [-0.05, 0) is 6.92 Å². The summed E-state index contributed by atoms with van der Waals surface area (Å²) in [5.41, 5.74) is -1.54. The van der Waals surface area contributed by atoms with Gasteiger partial charge in [-0.1, -0.05) is 0 Å². The van der Waals surface area contributed by atoms with E-state index in [0.29, 0.717) is 0 Å². The number of halogens is 4.